The third kappa shape index (κ3) is 4.03. The molecule has 0 bridgehead atoms. The van der Waals surface area contributed by atoms with E-state index in [1.165, 1.54) is 0 Å². The van der Waals surface area contributed by atoms with Crippen LogP contribution in [0.4, 0.5) is 0 Å². The van der Waals surface area contributed by atoms with Crippen molar-refractivity contribution < 1.29 is 4.79 Å². The van der Waals surface area contributed by atoms with Crippen molar-refractivity contribution in [2.75, 3.05) is 6.54 Å². The second-order valence-electron chi connectivity index (χ2n) is 4.91. The number of rotatable bonds is 7. The van der Waals surface area contributed by atoms with E-state index in [4.69, 9.17) is 0 Å². The highest BCUT2D eigenvalue weighted by Gasteiger charge is 2.36. The standard InChI is InChI=1S/C14H26N2O/c1-6-9-10-16(12(4)7-2)13(17)14(5,8-3)11-15/h12H,6-10H2,1-5H3. The summed E-state index contributed by atoms with van der Waals surface area (Å²) in [7, 11) is 0. The maximum absolute atomic E-state index is 12.4. The van der Waals surface area contributed by atoms with Crippen LogP contribution in [0.5, 0.6) is 0 Å². The first kappa shape index (κ1) is 16.0. The maximum atomic E-state index is 12.4. The Morgan fingerprint density at radius 1 is 1.41 bits per heavy atom. The molecule has 3 nitrogen and oxygen atoms in total. The Morgan fingerprint density at radius 2 is 2.00 bits per heavy atom. The lowest BCUT2D eigenvalue weighted by Crippen LogP contribution is -2.46. The molecule has 0 aliphatic heterocycles. The number of hydrogen-bond donors (Lipinski definition) is 0. The molecule has 0 aromatic rings. The number of carbonyl (C=O) groups excluding carboxylic acids is 1. The van der Waals surface area contributed by atoms with Gasteiger partial charge >= 0.3 is 0 Å². The van der Waals surface area contributed by atoms with Gasteiger partial charge in [0, 0.05) is 12.6 Å². The zero-order chi connectivity index (χ0) is 13.5. The molecule has 2 unspecified atom stereocenters. The molecule has 0 heterocycles. The van der Waals surface area contributed by atoms with E-state index in [9.17, 15) is 10.1 Å². The van der Waals surface area contributed by atoms with Gasteiger partial charge in [-0.1, -0.05) is 27.2 Å². The van der Waals surface area contributed by atoms with Gasteiger partial charge in [0.05, 0.1) is 6.07 Å². The summed E-state index contributed by atoms with van der Waals surface area (Å²) in [6.45, 7) is 10.7. The Hall–Kier alpha value is -1.04. The molecule has 0 aromatic heterocycles. The molecule has 2 atom stereocenters. The van der Waals surface area contributed by atoms with Gasteiger partial charge in [-0.15, -0.1) is 0 Å². The molecule has 0 aromatic carbocycles. The van der Waals surface area contributed by atoms with Crippen LogP contribution in [0.15, 0.2) is 0 Å². The molecule has 0 fully saturated rings. The largest absolute Gasteiger partial charge is 0.339 e. The Bertz CT molecular complexity index is 282. The maximum Gasteiger partial charge on any atom is 0.242 e. The van der Waals surface area contributed by atoms with Gasteiger partial charge in [0.15, 0.2) is 0 Å². The fourth-order valence-electron chi connectivity index (χ4n) is 1.67. The topological polar surface area (TPSA) is 44.1 Å². The van der Waals surface area contributed by atoms with Gasteiger partial charge in [0.2, 0.25) is 5.91 Å². The fraction of sp³-hybridized carbons (Fsp3) is 0.857. The smallest absolute Gasteiger partial charge is 0.242 e. The highest BCUT2D eigenvalue weighted by atomic mass is 16.2. The minimum atomic E-state index is -0.864. The van der Waals surface area contributed by atoms with Gasteiger partial charge in [-0.05, 0) is 33.1 Å². The summed E-state index contributed by atoms with van der Waals surface area (Å²) in [5.74, 6) is -0.00898. The summed E-state index contributed by atoms with van der Waals surface area (Å²) in [5, 5.41) is 9.19. The second kappa shape index (κ2) is 7.32. The molecule has 0 aliphatic carbocycles. The van der Waals surface area contributed by atoms with Gasteiger partial charge in [0.1, 0.15) is 5.41 Å². The summed E-state index contributed by atoms with van der Waals surface area (Å²) >= 11 is 0. The van der Waals surface area contributed by atoms with Crippen molar-refractivity contribution in [3.63, 3.8) is 0 Å². The van der Waals surface area contributed by atoms with Gasteiger partial charge < -0.3 is 4.90 Å². The van der Waals surface area contributed by atoms with Crippen molar-refractivity contribution in [2.45, 2.75) is 66.3 Å². The number of amides is 1. The van der Waals surface area contributed by atoms with Crippen LogP contribution in [-0.4, -0.2) is 23.4 Å². The molecule has 1 amide bonds. The van der Waals surface area contributed by atoms with Gasteiger partial charge in [-0.3, -0.25) is 4.79 Å². The average Bonchev–Trinajstić information content (AvgIpc) is 2.37. The Morgan fingerprint density at radius 3 is 2.35 bits per heavy atom. The van der Waals surface area contributed by atoms with Gasteiger partial charge in [-0.25, -0.2) is 0 Å². The van der Waals surface area contributed by atoms with E-state index >= 15 is 0 Å². The van der Waals surface area contributed by atoms with Crippen LogP contribution in [0.3, 0.4) is 0 Å². The number of hydrogen-bond acceptors (Lipinski definition) is 2. The first-order valence-electron chi connectivity index (χ1n) is 6.69. The number of carbonyl (C=O) groups is 1. The molecule has 98 valence electrons. The van der Waals surface area contributed by atoms with E-state index in [2.05, 4.69) is 26.8 Å². The van der Waals surface area contributed by atoms with Crippen molar-refractivity contribution in [2.24, 2.45) is 5.41 Å². The molecule has 17 heavy (non-hydrogen) atoms. The van der Waals surface area contributed by atoms with Crippen molar-refractivity contribution in [1.82, 2.24) is 4.90 Å². The Balaban J connectivity index is 4.92. The van der Waals surface area contributed by atoms with Crippen LogP contribution >= 0.6 is 0 Å². The summed E-state index contributed by atoms with van der Waals surface area (Å²) in [6.07, 6.45) is 3.57. The number of nitrogens with zero attached hydrogens (tertiary/aromatic N) is 2. The molecule has 0 spiro atoms. The third-order valence-corrected chi connectivity index (χ3v) is 3.56. The van der Waals surface area contributed by atoms with Crippen LogP contribution in [-0.2, 0) is 4.79 Å². The number of nitriles is 1. The Kier molecular flexibility index (Phi) is 6.87. The average molecular weight is 238 g/mol. The minimum absolute atomic E-state index is 0.00898. The first-order chi connectivity index (χ1) is 7.96. The lowest BCUT2D eigenvalue weighted by atomic mass is 9.87. The molecule has 0 aliphatic rings. The molecule has 0 saturated carbocycles. The van der Waals surface area contributed by atoms with Crippen molar-refractivity contribution in [3.05, 3.63) is 0 Å². The lowest BCUT2D eigenvalue weighted by molar-refractivity contribution is -0.140. The fourth-order valence-corrected chi connectivity index (χ4v) is 1.67. The predicted molar refractivity (Wildman–Crippen MR) is 70.4 cm³/mol. The molecule has 0 N–H and O–H groups in total. The van der Waals surface area contributed by atoms with Crippen LogP contribution in [0.2, 0.25) is 0 Å². The lowest BCUT2D eigenvalue weighted by Gasteiger charge is -2.34. The summed E-state index contributed by atoms with van der Waals surface area (Å²) in [6, 6.07) is 2.39. The van der Waals surface area contributed by atoms with E-state index < -0.39 is 5.41 Å². The van der Waals surface area contributed by atoms with Crippen molar-refractivity contribution >= 4 is 5.91 Å². The van der Waals surface area contributed by atoms with Crippen LogP contribution < -0.4 is 0 Å². The van der Waals surface area contributed by atoms with Crippen LogP contribution in [0.25, 0.3) is 0 Å². The van der Waals surface area contributed by atoms with Crippen LogP contribution in [0, 0.1) is 16.7 Å². The monoisotopic (exact) mass is 238 g/mol. The summed E-state index contributed by atoms with van der Waals surface area (Å²) < 4.78 is 0. The second-order valence-corrected chi connectivity index (χ2v) is 4.91. The summed E-state index contributed by atoms with van der Waals surface area (Å²) in [4.78, 5) is 14.3. The van der Waals surface area contributed by atoms with E-state index in [-0.39, 0.29) is 11.9 Å². The quantitative estimate of drug-likeness (QED) is 0.682. The molecule has 3 heteroatoms. The van der Waals surface area contributed by atoms with Gasteiger partial charge in [-0.2, -0.15) is 5.26 Å². The highest BCUT2D eigenvalue weighted by molar-refractivity contribution is 5.85. The van der Waals surface area contributed by atoms with E-state index in [0.29, 0.717) is 6.42 Å². The molecule has 0 saturated heterocycles. The van der Waals surface area contributed by atoms with E-state index in [1.54, 1.807) is 6.92 Å². The molecular formula is C14H26N2O. The van der Waals surface area contributed by atoms with Gasteiger partial charge in [0.25, 0.3) is 0 Å². The van der Waals surface area contributed by atoms with Crippen molar-refractivity contribution in [1.29, 1.82) is 5.26 Å². The summed E-state index contributed by atoms with van der Waals surface area (Å²) in [5.41, 5.74) is -0.864. The Labute approximate surface area is 106 Å². The van der Waals surface area contributed by atoms with E-state index in [0.717, 1.165) is 25.8 Å². The SMILES string of the molecule is CCCCN(C(=O)C(C)(C#N)CC)C(C)CC. The van der Waals surface area contributed by atoms with E-state index in [1.807, 2.05) is 11.8 Å². The third-order valence-electron chi connectivity index (χ3n) is 3.56. The first-order valence-corrected chi connectivity index (χ1v) is 6.69. The van der Waals surface area contributed by atoms with Crippen LogP contribution in [0.1, 0.15) is 60.3 Å². The zero-order valence-corrected chi connectivity index (χ0v) is 11.9. The minimum Gasteiger partial charge on any atom is -0.339 e. The molecule has 0 rings (SSSR count). The predicted octanol–water partition coefficient (Wildman–Crippen LogP) is 3.35. The molecule has 0 radical (unpaired) electrons. The normalized spacial score (nSPS) is 15.8. The molecular weight excluding hydrogens is 212 g/mol. The van der Waals surface area contributed by atoms with Crippen molar-refractivity contribution in [3.8, 4) is 6.07 Å². The number of unbranched alkanes of at least 4 members (excludes halogenated alkanes) is 1. The zero-order valence-electron chi connectivity index (χ0n) is 11.9. The highest BCUT2D eigenvalue weighted by Crippen LogP contribution is 2.25.